The first-order valence-electron chi connectivity index (χ1n) is 4.67. The molecule has 0 bridgehead atoms. The Morgan fingerprint density at radius 1 is 1.60 bits per heavy atom. The number of nitrogens with zero attached hydrogens (tertiary/aromatic N) is 1. The highest BCUT2D eigenvalue weighted by Crippen LogP contribution is 2.16. The third-order valence-corrected chi connectivity index (χ3v) is 2.81. The van der Waals surface area contributed by atoms with E-state index in [9.17, 15) is 0 Å². The zero-order chi connectivity index (χ0) is 11.1. The lowest BCUT2D eigenvalue weighted by Crippen LogP contribution is -2.17. The monoisotopic (exact) mass is 240 g/mol. The van der Waals surface area contributed by atoms with Gasteiger partial charge in [-0.15, -0.1) is 0 Å². The van der Waals surface area contributed by atoms with Crippen molar-refractivity contribution in [3.63, 3.8) is 0 Å². The average molecular weight is 241 g/mol. The quantitative estimate of drug-likeness (QED) is 0.857. The molecule has 4 heteroatoms. The number of rotatable bonds is 5. The van der Waals surface area contributed by atoms with Crippen molar-refractivity contribution in [2.24, 2.45) is 0 Å². The molecule has 1 N–H and O–H groups in total. The largest absolute Gasteiger partial charge is 0.370 e. The molecule has 0 spiro atoms. The van der Waals surface area contributed by atoms with Crippen molar-refractivity contribution in [2.75, 3.05) is 17.3 Å². The highest BCUT2D eigenvalue weighted by molar-refractivity contribution is 7.98. The number of nitrogens with one attached hydrogen (secondary N) is 1. The van der Waals surface area contributed by atoms with Gasteiger partial charge in [0.1, 0.15) is 6.04 Å². The first-order valence-corrected chi connectivity index (χ1v) is 6.44. The molecule has 0 heterocycles. The van der Waals surface area contributed by atoms with Crippen LogP contribution in [0.1, 0.15) is 6.42 Å². The van der Waals surface area contributed by atoms with Crippen LogP contribution in [0.3, 0.4) is 0 Å². The molecule has 0 amide bonds. The van der Waals surface area contributed by atoms with Gasteiger partial charge in [0, 0.05) is 10.7 Å². The lowest BCUT2D eigenvalue weighted by atomic mass is 10.2. The molecule has 0 saturated heterocycles. The number of nitriles is 1. The standard InChI is InChI=1S/C11H13ClN2S/c1-15-6-5-11(8-13)14-10-4-2-3-9(12)7-10/h2-4,7,11,14H,5-6H2,1H3. The van der Waals surface area contributed by atoms with E-state index in [4.69, 9.17) is 16.9 Å². The van der Waals surface area contributed by atoms with Gasteiger partial charge in [-0.2, -0.15) is 17.0 Å². The second-order valence-corrected chi connectivity index (χ2v) is 4.54. The number of halogens is 1. The van der Waals surface area contributed by atoms with Crippen LogP contribution in [0.2, 0.25) is 5.02 Å². The van der Waals surface area contributed by atoms with Crippen molar-refractivity contribution in [3.05, 3.63) is 29.3 Å². The second kappa shape index (κ2) is 6.60. The van der Waals surface area contributed by atoms with Crippen LogP contribution in [0.15, 0.2) is 24.3 Å². The maximum atomic E-state index is 8.93. The van der Waals surface area contributed by atoms with Crippen molar-refractivity contribution in [2.45, 2.75) is 12.5 Å². The first-order chi connectivity index (χ1) is 7.26. The van der Waals surface area contributed by atoms with Gasteiger partial charge in [-0.3, -0.25) is 0 Å². The minimum Gasteiger partial charge on any atom is -0.370 e. The summed E-state index contributed by atoms with van der Waals surface area (Å²) in [6, 6.07) is 9.52. The van der Waals surface area contributed by atoms with E-state index in [0.717, 1.165) is 17.9 Å². The summed E-state index contributed by atoms with van der Waals surface area (Å²) in [6.45, 7) is 0. The van der Waals surface area contributed by atoms with Crippen LogP contribution in [-0.4, -0.2) is 18.1 Å². The molecule has 0 fully saturated rings. The van der Waals surface area contributed by atoms with Gasteiger partial charge in [0.2, 0.25) is 0 Å². The summed E-state index contributed by atoms with van der Waals surface area (Å²) in [4.78, 5) is 0. The van der Waals surface area contributed by atoms with Crippen molar-refractivity contribution in [1.29, 1.82) is 5.26 Å². The summed E-state index contributed by atoms with van der Waals surface area (Å²) >= 11 is 7.59. The van der Waals surface area contributed by atoms with E-state index in [1.54, 1.807) is 11.8 Å². The van der Waals surface area contributed by atoms with E-state index < -0.39 is 0 Å². The topological polar surface area (TPSA) is 35.8 Å². The van der Waals surface area contributed by atoms with E-state index in [1.807, 2.05) is 30.5 Å². The minimum atomic E-state index is -0.143. The number of thioether (sulfide) groups is 1. The predicted octanol–water partition coefficient (Wildman–Crippen LogP) is 3.40. The molecule has 0 aromatic heterocycles. The van der Waals surface area contributed by atoms with Gasteiger partial charge in [0.25, 0.3) is 0 Å². The average Bonchev–Trinajstić information content (AvgIpc) is 2.24. The van der Waals surface area contributed by atoms with E-state index >= 15 is 0 Å². The summed E-state index contributed by atoms with van der Waals surface area (Å²) in [7, 11) is 0. The zero-order valence-electron chi connectivity index (χ0n) is 8.53. The molecule has 0 aliphatic carbocycles. The molecular formula is C11H13ClN2S. The highest BCUT2D eigenvalue weighted by Gasteiger charge is 2.06. The summed E-state index contributed by atoms with van der Waals surface area (Å²) in [5, 5.41) is 12.8. The van der Waals surface area contributed by atoms with E-state index in [-0.39, 0.29) is 6.04 Å². The number of hydrogen-bond acceptors (Lipinski definition) is 3. The third-order valence-electron chi connectivity index (χ3n) is 1.93. The Morgan fingerprint density at radius 3 is 3.00 bits per heavy atom. The molecule has 1 unspecified atom stereocenters. The van der Waals surface area contributed by atoms with Crippen LogP contribution in [0, 0.1) is 11.3 Å². The Labute approximate surface area is 99.6 Å². The lowest BCUT2D eigenvalue weighted by molar-refractivity contribution is 0.855. The molecule has 1 aromatic rings. The van der Waals surface area contributed by atoms with Gasteiger partial charge in [0.05, 0.1) is 6.07 Å². The van der Waals surface area contributed by atoms with Crippen molar-refractivity contribution >= 4 is 29.1 Å². The Balaban J connectivity index is 2.55. The van der Waals surface area contributed by atoms with Crippen LogP contribution in [0.5, 0.6) is 0 Å². The van der Waals surface area contributed by atoms with E-state index in [1.165, 1.54) is 0 Å². The molecule has 80 valence electrons. The zero-order valence-corrected chi connectivity index (χ0v) is 10.1. The van der Waals surface area contributed by atoms with Crippen molar-refractivity contribution < 1.29 is 0 Å². The molecule has 1 atom stereocenters. The fourth-order valence-corrected chi connectivity index (χ4v) is 1.85. The van der Waals surface area contributed by atoms with Crippen LogP contribution in [0.4, 0.5) is 5.69 Å². The predicted molar refractivity (Wildman–Crippen MR) is 67.5 cm³/mol. The van der Waals surface area contributed by atoms with Crippen molar-refractivity contribution in [1.82, 2.24) is 0 Å². The molecule has 1 aromatic carbocycles. The third kappa shape index (κ3) is 4.46. The highest BCUT2D eigenvalue weighted by atomic mass is 35.5. The SMILES string of the molecule is CSCCC(C#N)Nc1cccc(Cl)c1. The Kier molecular flexibility index (Phi) is 5.38. The fraction of sp³-hybridized carbons (Fsp3) is 0.364. The van der Waals surface area contributed by atoms with Crippen molar-refractivity contribution in [3.8, 4) is 6.07 Å². The second-order valence-electron chi connectivity index (χ2n) is 3.12. The van der Waals surface area contributed by atoms with Gasteiger partial charge in [0.15, 0.2) is 0 Å². The normalized spacial score (nSPS) is 11.8. The molecule has 2 nitrogen and oxygen atoms in total. The summed E-state index contributed by atoms with van der Waals surface area (Å²) in [6.07, 6.45) is 2.87. The van der Waals surface area contributed by atoms with Crippen LogP contribution >= 0.6 is 23.4 Å². The molecule has 0 aliphatic rings. The van der Waals surface area contributed by atoms with Gasteiger partial charge < -0.3 is 5.32 Å². The first kappa shape index (κ1) is 12.2. The Bertz CT molecular complexity index is 349. The lowest BCUT2D eigenvalue weighted by Gasteiger charge is -2.12. The van der Waals surface area contributed by atoms with Gasteiger partial charge in [-0.25, -0.2) is 0 Å². The molecule has 0 aliphatic heterocycles. The summed E-state index contributed by atoms with van der Waals surface area (Å²) in [5.41, 5.74) is 0.898. The number of anilines is 1. The van der Waals surface area contributed by atoms with Crippen LogP contribution in [0.25, 0.3) is 0 Å². The maximum absolute atomic E-state index is 8.93. The molecule has 0 radical (unpaired) electrons. The van der Waals surface area contributed by atoms with E-state index in [0.29, 0.717) is 5.02 Å². The van der Waals surface area contributed by atoms with Gasteiger partial charge >= 0.3 is 0 Å². The molecule has 1 rings (SSSR count). The smallest absolute Gasteiger partial charge is 0.115 e. The molecule has 15 heavy (non-hydrogen) atoms. The van der Waals surface area contributed by atoms with E-state index in [2.05, 4.69) is 11.4 Å². The molecular weight excluding hydrogens is 228 g/mol. The minimum absolute atomic E-state index is 0.143. The Hall–Kier alpha value is -0.850. The molecule has 0 saturated carbocycles. The summed E-state index contributed by atoms with van der Waals surface area (Å²) < 4.78 is 0. The number of benzene rings is 1. The maximum Gasteiger partial charge on any atom is 0.115 e. The van der Waals surface area contributed by atoms with Gasteiger partial charge in [-0.1, -0.05) is 17.7 Å². The fourth-order valence-electron chi connectivity index (χ4n) is 1.18. The van der Waals surface area contributed by atoms with Crippen LogP contribution < -0.4 is 5.32 Å². The summed E-state index contributed by atoms with van der Waals surface area (Å²) in [5.74, 6) is 0.978. The van der Waals surface area contributed by atoms with Gasteiger partial charge in [-0.05, 0) is 36.6 Å². The number of hydrogen-bond donors (Lipinski definition) is 1. The Morgan fingerprint density at radius 2 is 2.40 bits per heavy atom. The van der Waals surface area contributed by atoms with Crippen LogP contribution in [-0.2, 0) is 0 Å².